The molecule has 0 spiro atoms. The van der Waals surface area contributed by atoms with E-state index in [1.165, 1.54) is 10.9 Å². The number of piperidine rings is 1. The van der Waals surface area contributed by atoms with E-state index in [2.05, 4.69) is 15.3 Å². The monoisotopic (exact) mass is 651 g/mol. The minimum Gasteiger partial charge on any atom is -0.497 e. The number of alkyl halides is 1. The van der Waals surface area contributed by atoms with Gasteiger partial charge in [0.2, 0.25) is 0 Å². The maximum atomic E-state index is 14.0. The quantitative estimate of drug-likeness (QED) is 0.168. The first-order chi connectivity index (χ1) is 22.2. The van der Waals surface area contributed by atoms with Crippen LogP contribution in [0, 0.1) is 0 Å². The summed E-state index contributed by atoms with van der Waals surface area (Å²) in [6.45, 7) is 2.01. The van der Waals surface area contributed by atoms with E-state index in [1.54, 1.807) is 20.3 Å². The average molecular weight is 652 g/mol. The molecule has 11 nitrogen and oxygen atoms in total. The Labute approximate surface area is 272 Å². The maximum absolute atomic E-state index is 14.0. The normalized spacial score (nSPS) is 19.5. The predicted octanol–water partition coefficient (Wildman–Crippen LogP) is 5.56. The maximum Gasteiger partial charge on any atom is 0.328 e. The number of nitrogens with one attached hydrogen (secondary N) is 1. The number of rotatable bonds is 10. The molecule has 1 amide bonds. The van der Waals surface area contributed by atoms with Crippen LogP contribution in [0.3, 0.4) is 0 Å². The lowest BCUT2D eigenvalue weighted by Crippen LogP contribution is -2.52. The second-order valence-corrected chi connectivity index (χ2v) is 12.3. The molecule has 0 bridgehead atoms. The number of carbonyl (C=O) groups excluding carboxylic acids is 1. The number of pyridine rings is 1. The topological polar surface area (TPSA) is 120 Å². The fourth-order valence-corrected chi connectivity index (χ4v) is 6.28. The van der Waals surface area contributed by atoms with Crippen LogP contribution < -0.4 is 30.3 Å². The summed E-state index contributed by atoms with van der Waals surface area (Å²) >= 11 is 6.45. The molecule has 1 saturated heterocycles. The summed E-state index contributed by atoms with van der Waals surface area (Å²) in [6.07, 6.45) is 3.48. The summed E-state index contributed by atoms with van der Waals surface area (Å²) in [5, 5.41) is 3.31. The molecule has 2 aliphatic rings. The Kier molecular flexibility index (Phi) is 9.37. The highest BCUT2D eigenvalue weighted by molar-refractivity contribution is 6.30. The van der Waals surface area contributed by atoms with E-state index in [0.717, 1.165) is 48.3 Å². The number of hydrogen-bond acceptors (Lipinski definition) is 9. The number of benzene rings is 2. The van der Waals surface area contributed by atoms with Crippen LogP contribution in [0.2, 0.25) is 5.15 Å². The molecule has 1 aliphatic carbocycles. The third-order valence-corrected chi connectivity index (χ3v) is 8.89. The van der Waals surface area contributed by atoms with Gasteiger partial charge in [-0.1, -0.05) is 11.6 Å². The van der Waals surface area contributed by atoms with Gasteiger partial charge in [-0.25, -0.2) is 23.7 Å². The SMILES string of the molecule is COc1ccc(CN(C)c2cc(Cl)nc3c2ncn3C(=O)N[C@@H]2CC[C@H]2OCc2cc(N)cc(N3CCCC(F)C3)c2)c(OC)c1. The molecule has 4 aromatic rings. The number of fused-ring (bicyclic) bond motifs is 1. The van der Waals surface area contributed by atoms with Gasteiger partial charge in [-0.15, -0.1) is 0 Å². The minimum atomic E-state index is -0.830. The molecule has 3 atom stereocenters. The van der Waals surface area contributed by atoms with Gasteiger partial charge in [-0.3, -0.25) is 0 Å². The van der Waals surface area contributed by atoms with Crippen molar-refractivity contribution in [2.45, 2.75) is 57.2 Å². The van der Waals surface area contributed by atoms with Gasteiger partial charge in [-0.05, 0) is 61.6 Å². The van der Waals surface area contributed by atoms with E-state index >= 15 is 0 Å². The zero-order valence-electron chi connectivity index (χ0n) is 26.2. The molecule has 2 aromatic carbocycles. The van der Waals surface area contributed by atoms with Crippen molar-refractivity contribution >= 4 is 45.9 Å². The largest absolute Gasteiger partial charge is 0.497 e. The van der Waals surface area contributed by atoms with Crippen molar-refractivity contribution in [2.24, 2.45) is 0 Å². The molecular weight excluding hydrogens is 613 g/mol. The van der Waals surface area contributed by atoms with Gasteiger partial charge in [0.05, 0.1) is 38.7 Å². The Morgan fingerprint density at radius 2 is 2.00 bits per heavy atom. The van der Waals surface area contributed by atoms with Crippen LogP contribution in [0.25, 0.3) is 11.2 Å². The minimum absolute atomic E-state index is 0.161. The summed E-state index contributed by atoms with van der Waals surface area (Å²) < 4.78 is 32.5. The predicted molar refractivity (Wildman–Crippen MR) is 177 cm³/mol. The molecule has 6 rings (SSSR count). The number of nitrogens with zero attached hydrogens (tertiary/aromatic N) is 5. The van der Waals surface area contributed by atoms with Crippen molar-refractivity contribution < 1.29 is 23.4 Å². The van der Waals surface area contributed by atoms with Crippen molar-refractivity contribution in [1.82, 2.24) is 19.9 Å². The number of imidazole rings is 1. The van der Waals surface area contributed by atoms with Crippen molar-refractivity contribution in [3.8, 4) is 11.5 Å². The lowest BCUT2D eigenvalue weighted by atomic mass is 9.89. The van der Waals surface area contributed by atoms with Crippen molar-refractivity contribution in [2.75, 3.05) is 49.9 Å². The third-order valence-electron chi connectivity index (χ3n) is 8.70. The van der Waals surface area contributed by atoms with Gasteiger partial charge in [0.15, 0.2) is 5.65 Å². The highest BCUT2D eigenvalue weighted by Gasteiger charge is 2.34. The Bertz CT molecular complexity index is 1720. The lowest BCUT2D eigenvalue weighted by Gasteiger charge is -2.37. The summed E-state index contributed by atoms with van der Waals surface area (Å²) in [5.74, 6) is 1.39. The van der Waals surface area contributed by atoms with Crippen LogP contribution in [-0.4, -0.2) is 73.2 Å². The van der Waals surface area contributed by atoms with Gasteiger partial charge >= 0.3 is 6.03 Å². The van der Waals surface area contributed by atoms with Crippen molar-refractivity contribution in [3.63, 3.8) is 0 Å². The molecule has 1 unspecified atom stereocenters. The van der Waals surface area contributed by atoms with Crippen molar-refractivity contribution in [1.29, 1.82) is 0 Å². The smallest absolute Gasteiger partial charge is 0.328 e. The molecule has 3 N–H and O–H groups in total. The number of hydrogen-bond donors (Lipinski definition) is 2. The van der Waals surface area contributed by atoms with Gasteiger partial charge in [0.25, 0.3) is 0 Å². The zero-order valence-corrected chi connectivity index (χ0v) is 27.0. The average Bonchev–Trinajstić information content (AvgIpc) is 3.46. The Balaban J connectivity index is 1.12. The number of ether oxygens (including phenoxy) is 3. The zero-order chi connectivity index (χ0) is 32.4. The van der Waals surface area contributed by atoms with Gasteiger partial charge in [-0.2, -0.15) is 0 Å². The van der Waals surface area contributed by atoms with Crippen LogP contribution in [0.4, 0.5) is 26.2 Å². The second kappa shape index (κ2) is 13.6. The number of nitrogen functional groups attached to an aromatic ring is 1. The number of aromatic nitrogens is 3. The van der Waals surface area contributed by atoms with Gasteiger partial charge in [0, 0.05) is 55.8 Å². The number of carbonyl (C=O) groups is 1. The van der Waals surface area contributed by atoms with E-state index in [1.807, 2.05) is 53.2 Å². The van der Waals surface area contributed by atoms with Crippen molar-refractivity contribution in [3.05, 3.63) is 65.1 Å². The summed E-state index contributed by atoms with van der Waals surface area (Å²) in [7, 11) is 5.14. The highest BCUT2D eigenvalue weighted by atomic mass is 35.5. The van der Waals surface area contributed by atoms with E-state index in [4.69, 9.17) is 31.5 Å². The molecule has 244 valence electrons. The summed E-state index contributed by atoms with van der Waals surface area (Å²) in [5.41, 5.74) is 11.2. The molecular formula is C33H39ClFN7O4. The summed E-state index contributed by atoms with van der Waals surface area (Å²) in [4.78, 5) is 26.4. The molecule has 2 fully saturated rings. The van der Waals surface area contributed by atoms with E-state index < -0.39 is 6.17 Å². The highest BCUT2D eigenvalue weighted by Crippen LogP contribution is 2.32. The molecule has 3 heterocycles. The Morgan fingerprint density at radius 1 is 1.15 bits per heavy atom. The molecule has 2 aromatic heterocycles. The lowest BCUT2D eigenvalue weighted by molar-refractivity contribution is -0.0323. The molecule has 1 saturated carbocycles. The van der Waals surface area contributed by atoms with E-state index in [9.17, 15) is 9.18 Å². The fourth-order valence-electron chi connectivity index (χ4n) is 6.10. The molecule has 0 radical (unpaired) electrons. The van der Waals surface area contributed by atoms with Gasteiger partial charge in [0.1, 0.15) is 34.7 Å². The standard InChI is InChI=1S/C33H39ClFN7O4/c1-40(16-21-6-7-25(44-2)14-29(21)45-3)27-15-30(34)39-32-31(27)37-19-42(32)33(43)38-26-8-9-28(26)46-18-20-11-23(36)13-24(12-20)41-10-4-5-22(35)17-41/h6-7,11-15,19,22,26,28H,4-5,8-10,16-18,36H2,1-3H3,(H,38,43)/t22?,26-,28-/m1/s1. The first-order valence-electron chi connectivity index (χ1n) is 15.4. The fraction of sp³-hybridized carbons (Fsp3) is 0.424. The number of methoxy groups -OCH3 is 2. The van der Waals surface area contributed by atoms with E-state index in [0.29, 0.717) is 54.5 Å². The Morgan fingerprint density at radius 3 is 2.74 bits per heavy atom. The van der Waals surface area contributed by atoms with Gasteiger partial charge < -0.3 is 35.1 Å². The third kappa shape index (κ3) is 6.78. The van der Waals surface area contributed by atoms with Crippen LogP contribution >= 0.6 is 11.6 Å². The second-order valence-electron chi connectivity index (χ2n) is 11.9. The molecule has 46 heavy (non-hydrogen) atoms. The van der Waals surface area contributed by atoms with E-state index in [-0.39, 0.29) is 23.3 Å². The van der Waals surface area contributed by atoms with Crippen LogP contribution in [0.15, 0.2) is 48.8 Å². The number of nitrogens with two attached hydrogens (primary N) is 1. The first kappa shape index (κ1) is 31.7. The van der Waals surface area contributed by atoms with Crippen LogP contribution in [0.5, 0.6) is 11.5 Å². The molecule has 13 heteroatoms. The number of anilines is 3. The van der Waals surface area contributed by atoms with Crippen LogP contribution in [-0.2, 0) is 17.9 Å². The Hall–Kier alpha value is -4.29. The summed E-state index contributed by atoms with van der Waals surface area (Å²) in [6, 6.07) is 12.6. The number of halogens is 2. The van der Waals surface area contributed by atoms with Crippen LogP contribution in [0.1, 0.15) is 36.8 Å². The number of amides is 1. The molecule has 1 aliphatic heterocycles. The first-order valence-corrected chi connectivity index (χ1v) is 15.8.